The van der Waals surface area contributed by atoms with Crippen molar-refractivity contribution in [1.29, 1.82) is 0 Å². The molecule has 1 atom stereocenters. The van der Waals surface area contributed by atoms with Crippen LogP contribution in [0.5, 0.6) is 0 Å². The normalized spacial score (nSPS) is 20.9. The van der Waals surface area contributed by atoms with Crippen LogP contribution < -0.4 is 5.73 Å². The van der Waals surface area contributed by atoms with Gasteiger partial charge in [-0.2, -0.15) is 5.10 Å². The molecule has 0 bridgehead atoms. The second-order valence-corrected chi connectivity index (χ2v) is 4.44. The Morgan fingerprint density at radius 1 is 1.50 bits per heavy atom. The molecule has 2 rings (SSSR count). The quantitative estimate of drug-likeness (QED) is 0.603. The van der Waals surface area contributed by atoms with Gasteiger partial charge in [0.2, 0.25) is 0 Å². The number of H-pyrrole nitrogens is 1. The molecule has 1 aliphatic carbocycles. The van der Waals surface area contributed by atoms with Crippen LogP contribution in [0, 0.1) is 5.92 Å². The largest absolute Gasteiger partial charge is 0.387 e. The zero-order valence-corrected chi connectivity index (χ0v) is 9.69. The Balaban J connectivity index is 1.99. The summed E-state index contributed by atoms with van der Waals surface area (Å²) in [6.07, 6.45) is 7.74. The van der Waals surface area contributed by atoms with E-state index in [4.69, 9.17) is 5.73 Å². The average molecular weight is 221 g/mol. The van der Waals surface area contributed by atoms with E-state index in [9.17, 15) is 0 Å². The Labute approximate surface area is 95.6 Å². The van der Waals surface area contributed by atoms with E-state index in [1.165, 1.54) is 38.4 Å². The van der Waals surface area contributed by atoms with Crippen LogP contribution in [-0.2, 0) is 0 Å². The summed E-state index contributed by atoms with van der Waals surface area (Å²) in [6, 6.07) is -0.0237. The van der Waals surface area contributed by atoms with E-state index >= 15 is 0 Å². The Morgan fingerprint density at radius 2 is 2.25 bits per heavy atom. The molecule has 16 heavy (non-hydrogen) atoms. The van der Waals surface area contributed by atoms with Crippen molar-refractivity contribution in [3.05, 3.63) is 12.2 Å². The van der Waals surface area contributed by atoms with Crippen molar-refractivity contribution >= 4 is 5.84 Å². The topological polar surface area (TPSA) is 79.9 Å². The number of hydrogen-bond acceptors (Lipinski definition) is 3. The van der Waals surface area contributed by atoms with Crippen molar-refractivity contribution in [2.75, 3.05) is 0 Å². The highest BCUT2D eigenvalue weighted by Gasteiger charge is 2.18. The summed E-state index contributed by atoms with van der Waals surface area (Å²) in [5.74, 6) is 2.03. The predicted molar refractivity (Wildman–Crippen MR) is 63.0 cm³/mol. The number of hydrogen-bond donors (Lipinski definition) is 2. The van der Waals surface area contributed by atoms with Gasteiger partial charge in [-0.25, -0.2) is 4.98 Å². The number of aromatic nitrogens is 3. The van der Waals surface area contributed by atoms with Gasteiger partial charge in [-0.05, 0) is 19.8 Å². The van der Waals surface area contributed by atoms with Gasteiger partial charge >= 0.3 is 0 Å². The predicted octanol–water partition coefficient (Wildman–Crippen LogP) is 1.80. The lowest BCUT2D eigenvalue weighted by molar-refractivity contribution is 0.435. The summed E-state index contributed by atoms with van der Waals surface area (Å²) in [7, 11) is 0. The molecule has 1 unspecified atom stereocenters. The molecule has 0 aliphatic heterocycles. The molecule has 1 aromatic rings. The third-order valence-electron chi connectivity index (χ3n) is 3.20. The second kappa shape index (κ2) is 5.09. The number of rotatable bonds is 3. The molecule has 5 heteroatoms. The van der Waals surface area contributed by atoms with E-state index in [0.717, 1.165) is 11.7 Å². The Bertz CT molecular complexity index is 337. The van der Waals surface area contributed by atoms with Crippen LogP contribution in [0.2, 0.25) is 0 Å². The SMILES string of the molecule is CC(N=C(N)C1CCCCC1)c1ncn[nH]1. The van der Waals surface area contributed by atoms with E-state index in [1.807, 2.05) is 6.92 Å². The number of aliphatic imine (C=N–C) groups is 1. The highest BCUT2D eigenvalue weighted by molar-refractivity contribution is 5.83. The highest BCUT2D eigenvalue weighted by atomic mass is 15.2. The lowest BCUT2D eigenvalue weighted by Gasteiger charge is -2.21. The van der Waals surface area contributed by atoms with Gasteiger partial charge in [-0.15, -0.1) is 0 Å². The Kier molecular flexibility index (Phi) is 3.54. The van der Waals surface area contributed by atoms with Crippen LogP contribution >= 0.6 is 0 Å². The van der Waals surface area contributed by atoms with Gasteiger partial charge in [-0.3, -0.25) is 10.1 Å². The van der Waals surface area contributed by atoms with E-state index in [2.05, 4.69) is 20.2 Å². The van der Waals surface area contributed by atoms with Gasteiger partial charge in [-0.1, -0.05) is 19.3 Å². The van der Waals surface area contributed by atoms with Crippen LogP contribution in [-0.4, -0.2) is 21.0 Å². The molecule has 0 amide bonds. The van der Waals surface area contributed by atoms with Crippen molar-refractivity contribution in [2.24, 2.45) is 16.6 Å². The summed E-state index contributed by atoms with van der Waals surface area (Å²) in [4.78, 5) is 8.59. The molecule has 1 saturated carbocycles. The standard InChI is InChI=1S/C11H19N5/c1-8(11-13-7-14-16-11)15-10(12)9-5-3-2-4-6-9/h7-9H,2-6H2,1H3,(H2,12,15)(H,13,14,16). The molecule has 0 aromatic carbocycles. The molecule has 1 aliphatic rings. The molecular formula is C11H19N5. The van der Waals surface area contributed by atoms with Crippen LogP contribution in [0.25, 0.3) is 0 Å². The molecule has 1 heterocycles. The van der Waals surface area contributed by atoms with Crippen LogP contribution in [0.1, 0.15) is 50.9 Å². The molecular weight excluding hydrogens is 202 g/mol. The van der Waals surface area contributed by atoms with E-state index in [0.29, 0.717) is 5.92 Å². The van der Waals surface area contributed by atoms with Crippen LogP contribution in [0.4, 0.5) is 0 Å². The summed E-state index contributed by atoms with van der Waals surface area (Å²) in [6.45, 7) is 1.98. The van der Waals surface area contributed by atoms with E-state index < -0.39 is 0 Å². The first-order chi connectivity index (χ1) is 7.77. The monoisotopic (exact) mass is 221 g/mol. The molecule has 3 N–H and O–H groups in total. The lowest BCUT2D eigenvalue weighted by atomic mass is 9.88. The van der Waals surface area contributed by atoms with Crippen molar-refractivity contribution in [3.63, 3.8) is 0 Å². The van der Waals surface area contributed by atoms with Crippen molar-refractivity contribution in [1.82, 2.24) is 15.2 Å². The average Bonchev–Trinajstić information content (AvgIpc) is 2.83. The van der Waals surface area contributed by atoms with Gasteiger partial charge in [0.1, 0.15) is 18.2 Å². The zero-order chi connectivity index (χ0) is 11.4. The summed E-state index contributed by atoms with van der Waals surface area (Å²) in [5, 5.41) is 6.64. The van der Waals surface area contributed by atoms with Gasteiger partial charge in [0.15, 0.2) is 0 Å². The third kappa shape index (κ3) is 2.59. The van der Waals surface area contributed by atoms with Crippen molar-refractivity contribution in [2.45, 2.75) is 45.1 Å². The van der Waals surface area contributed by atoms with Crippen molar-refractivity contribution < 1.29 is 0 Å². The Hall–Kier alpha value is -1.39. The highest BCUT2D eigenvalue weighted by Crippen LogP contribution is 2.24. The number of aromatic amines is 1. The maximum Gasteiger partial charge on any atom is 0.148 e. The first-order valence-electron chi connectivity index (χ1n) is 5.96. The minimum atomic E-state index is -0.0237. The maximum absolute atomic E-state index is 6.04. The van der Waals surface area contributed by atoms with Crippen LogP contribution in [0.3, 0.4) is 0 Å². The van der Waals surface area contributed by atoms with Gasteiger partial charge < -0.3 is 5.73 Å². The number of nitrogens with two attached hydrogens (primary N) is 1. The second-order valence-electron chi connectivity index (χ2n) is 4.44. The number of nitrogens with zero attached hydrogens (tertiary/aromatic N) is 3. The first-order valence-corrected chi connectivity index (χ1v) is 5.96. The molecule has 0 radical (unpaired) electrons. The van der Waals surface area contributed by atoms with Gasteiger partial charge in [0.25, 0.3) is 0 Å². The Morgan fingerprint density at radius 3 is 2.88 bits per heavy atom. The van der Waals surface area contributed by atoms with Gasteiger partial charge in [0, 0.05) is 5.92 Å². The van der Waals surface area contributed by atoms with Crippen molar-refractivity contribution in [3.8, 4) is 0 Å². The number of amidine groups is 1. The fourth-order valence-corrected chi connectivity index (χ4v) is 2.20. The smallest absolute Gasteiger partial charge is 0.148 e. The fourth-order valence-electron chi connectivity index (χ4n) is 2.20. The lowest BCUT2D eigenvalue weighted by Crippen LogP contribution is -2.26. The molecule has 0 spiro atoms. The maximum atomic E-state index is 6.04. The van der Waals surface area contributed by atoms with Crippen LogP contribution in [0.15, 0.2) is 11.3 Å². The minimum absolute atomic E-state index is 0.0237. The minimum Gasteiger partial charge on any atom is -0.387 e. The molecule has 0 saturated heterocycles. The van der Waals surface area contributed by atoms with E-state index in [-0.39, 0.29) is 6.04 Å². The van der Waals surface area contributed by atoms with E-state index in [1.54, 1.807) is 0 Å². The first kappa shape index (κ1) is 11.1. The molecule has 5 nitrogen and oxygen atoms in total. The summed E-state index contributed by atoms with van der Waals surface area (Å²) >= 11 is 0. The summed E-state index contributed by atoms with van der Waals surface area (Å²) in [5.41, 5.74) is 6.04. The summed E-state index contributed by atoms with van der Waals surface area (Å²) < 4.78 is 0. The zero-order valence-electron chi connectivity index (χ0n) is 9.69. The number of nitrogens with one attached hydrogen (secondary N) is 1. The molecule has 1 aromatic heterocycles. The molecule has 88 valence electrons. The third-order valence-corrected chi connectivity index (χ3v) is 3.20. The fraction of sp³-hybridized carbons (Fsp3) is 0.727. The van der Waals surface area contributed by atoms with Gasteiger partial charge in [0.05, 0.1) is 5.84 Å². The molecule has 1 fully saturated rings.